The van der Waals surface area contributed by atoms with Gasteiger partial charge in [-0.1, -0.05) is 6.07 Å². The van der Waals surface area contributed by atoms with Gasteiger partial charge in [-0.3, -0.25) is 4.79 Å². The largest absolute Gasteiger partial charge is 0.496 e. The van der Waals surface area contributed by atoms with Crippen LogP contribution in [0.1, 0.15) is 28.8 Å². The first-order valence-corrected chi connectivity index (χ1v) is 5.23. The molecule has 0 N–H and O–H groups in total. The maximum atomic E-state index is 12.6. The number of halogens is 3. The van der Waals surface area contributed by atoms with Crippen molar-refractivity contribution < 1.29 is 22.7 Å². The van der Waals surface area contributed by atoms with Crippen molar-refractivity contribution in [3.63, 3.8) is 0 Å². The molecule has 5 heteroatoms. The van der Waals surface area contributed by atoms with Gasteiger partial charge in [-0.25, -0.2) is 0 Å². The van der Waals surface area contributed by atoms with E-state index in [-0.39, 0.29) is 23.0 Å². The molecule has 0 aromatic heterocycles. The summed E-state index contributed by atoms with van der Waals surface area (Å²) in [6.07, 6.45) is -2.82. The Bertz CT molecular complexity index is 448. The Morgan fingerprint density at radius 1 is 1.35 bits per heavy atom. The highest BCUT2D eigenvalue weighted by Gasteiger charge is 2.36. The number of carbonyl (C=O) groups excluding carboxylic acids is 1. The van der Waals surface area contributed by atoms with Gasteiger partial charge in [-0.05, 0) is 25.0 Å². The van der Waals surface area contributed by atoms with Gasteiger partial charge >= 0.3 is 6.18 Å². The normalized spacial score (nSPS) is 15.8. The van der Waals surface area contributed by atoms with Crippen LogP contribution in [-0.4, -0.2) is 12.9 Å². The van der Waals surface area contributed by atoms with Crippen LogP contribution < -0.4 is 4.74 Å². The van der Waals surface area contributed by atoms with E-state index in [1.54, 1.807) is 0 Å². The van der Waals surface area contributed by atoms with Crippen LogP contribution in [0.15, 0.2) is 18.2 Å². The van der Waals surface area contributed by atoms with Gasteiger partial charge in [0, 0.05) is 11.5 Å². The molecule has 0 aliphatic heterocycles. The monoisotopic (exact) mass is 244 g/mol. The lowest BCUT2D eigenvalue weighted by atomic mass is 10.0. The third-order valence-corrected chi connectivity index (χ3v) is 2.74. The second-order valence-corrected chi connectivity index (χ2v) is 4.05. The lowest BCUT2D eigenvalue weighted by Gasteiger charge is -2.12. The molecule has 0 unspecified atom stereocenters. The molecule has 17 heavy (non-hydrogen) atoms. The quantitative estimate of drug-likeness (QED) is 0.762. The predicted octanol–water partition coefficient (Wildman–Crippen LogP) is 3.31. The molecule has 2 rings (SSSR count). The number of ether oxygens (including phenoxy) is 1. The molecule has 1 aromatic carbocycles. The first-order chi connectivity index (χ1) is 7.93. The highest BCUT2D eigenvalue weighted by molar-refractivity contribution is 5.99. The van der Waals surface area contributed by atoms with Crippen molar-refractivity contribution in [3.05, 3.63) is 29.3 Å². The van der Waals surface area contributed by atoms with E-state index in [2.05, 4.69) is 0 Å². The first kappa shape index (κ1) is 12.0. The topological polar surface area (TPSA) is 26.3 Å². The van der Waals surface area contributed by atoms with Crippen LogP contribution in [0.3, 0.4) is 0 Å². The average Bonchev–Trinajstić information content (AvgIpc) is 3.09. The molecule has 0 spiro atoms. The summed E-state index contributed by atoms with van der Waals surface area (Å²) in [4.78, 5) is 11.7. The summed E-state index contributed by atoms with van der Waals surface area (Å²) in [6.45, 7) is 0. The number of alkyl halides is 3. The van der Waals surface area contributed by atoms with Crippen molar-refractivity contribution in [1.82, 2.24) is 0 Å². The number of hydrogen-bond acceptors (Lipinski definition) is 2. The number of rotatable bonds is 3. The molecule has 1 saturated carbocycles. The minimum atomic E-state index is -4.47. The Labute approximate surface area is 96.4 Å². The molecular weight excluding hydrogens is 233 g/mol. The number of hydrogen-bond donors (Lipinski definition) is 0. The predicted molar refractivity (Wildman–Crippen MR) is 55.1 cm³/mol. The highest BCUT2D eigenvalue weighted by Crippen LogP contribution is 2.38. The smallest absolute Gasteiger partial charge is 0.419 e. The van der Waals surface area contributed by atoms with Gasteiger partial charge in [0.15, 0.2) is 5.78 Å². The molecule has 0 radical (unpaired) electrons. The molecule has 0 amide bonds. The van der Waals surface area contributed by atoms with E-state index in [9.17, 15) is 18.0 Å². The van der Waals surface area contributed by atoms with Crippen molar-refractivity contribution in [2.45, 2.75) is 19.0 Å². The van der Waals surface area contributed by atoms with E-state index < -0.39 is 11.7 Å². The fourth-order valence-electron chi connectivity index (χ4n) is 1.66. The third-order valence-electron chi connectivity index (χ3n) is 2.74. The van der Waals surface area contributed by atoms with E-state index in [0.717, 1.165) is 26.0 Å². The summed E-state index contributed by atoms with van der Waals surface area (Å²) in [7, 11) is 1.16. The van der Waals surface area contributed by atoms with E-state index >= 15 is 0 Å². The fraction of sp³-hybridized carbons (Fsp3) is 0.417. The Balaban J connectivity index is 2.36. The Hall–Kier alpha value is -1.52. The lowest BCUT2D eigenvalue weighted by molar-refractivity contribution is -0.138. The van der Waals surface area contributed by atoms with Crippen molar-refractivity contribution in [2.75, 3.05) is 7.11 Å². The van der Waals surface area contributed by atoms with Crippen LogP contribution in [0.4, 0.5) is 13.2 Å². The minimum absolute atomic E-state index is 0.0172. The number of carbonyl (C=O) groups is 1. The van der Waals surface area contributed by atoms with E-state index in [1.807, 2.05) is 0 Å². The van der Waals surface area contributed by atoms with Crippen molar-refractivity contribution >= 4 is 5.78 Å². The summed E-state index contributed by atoms with van der Waals surface area (Å²) in [5.74, 6) is -0.419. The van der Waals surface area contributed by atoms with E-state index in [0.29, 0.717) is 0 Å². The minimum Gasteiger partial charge on any atom is -0.496 e. The fourth-order valence-corrected chi connectivity index (χ4v) is 1.66. The molecule has 0 saturated heterocycles. The molecule has 1 aliphatic rings. The van der Waals surface area contributed by atoms with Gasteiger partial charge in [0.2, 0.25) is 0 Å². The maximum Gasteiger partial charge on any atom is 0.419 e. The zero-order valence-electron chi connectivity index (χ0n) is 9.17. The Morgan fingerprint density at radius 3 is 2.47 bits per heavy atom. The summed E-state index contributed by atoms with van der Waals surface area (Å²) in [5.41, 5.74) is -0.565. The Kier molecular flexibility index (Phi) is 2.85. The second kappa shape index (κ2) is 4.05. The Morgan fingerprint density at radius 2 is 2.00 bits per heavy atom. The summed E-state index contributed by atoms with van der Waals surface area (Å²) < 4.78 is 42.4. The van der Waals surface area contributed by atoms with Crippen LogP contribution in [0, 0.1) is 5.92 Å². The van der Waals surface area contributed by atoms with Gasteiger partial charge in [-0.2, -0.15) is 13.2 Å². The zero-order valence-corrected chi connectivity index (χ0v) is 9.17. The first-order valence-electron chi connectivity index (χ1n) is 5.23. The van der Waals surface area contributed by atoms with Crippen LogP contribution in [0.25, 0.3) is 0 Å². The SMILES string of the molecule is COc1cc(C(=O)C2CC2)ccc1C(F)(F)F. The van der Waals surface area contributed by atoms with Crippen molar-refractivity contribution in [2.24, 2.45) is 5.92 Å². The zero-order chi connectivity index (χ0) is 12.6. The van der Waals surface area contributed by atoms with Gasteiger partial charge in [0.05, 0.1) is 12.7 Å². The third kappa shape index (κ3) is 2.43. The van der Waals surface area contributed by atoms with Crippen molar-refractivity contribution in [3.8, 4) is 5.75 Å². The van der Waals surface area contributed by atoms with Crippen LogP contribution in [0.5, 0.6) is 5.75 Å². The van der Waals surface area contributed by atoms with Crippen molar-refractivity contribution in [1.29, 1.82) is 0 Å². The molecule has 1 aliphatic carbocycles. The van der Waals surface area contributed by atoms with Gasteiger partial charge in [0.25, 0.3) is 0 Å². The van der Waals surface area contributed by atoms with Gasteiger partial charge < -0.3 is 4.74 Å². The van der Waals surface area contributed by atoms with Gasteiger partial charge in [0.1, 0.15) is 5.75 Å². The molecule has 0 atom stereocenters. The number of Topliss-reactive ketones (excluding diaryl/α,β-unsaturated/α-hetero) is 1. The molecule has 1 fully saturated rings. The lowest BCUT2D eigenvalue weighted by Crippen LogP contribution is -2.09. The molecular formula is C12H11F3O2. The molecule has 1 aromatic rings. The average molecular weight is 244 g/mol. The molecule has 0 heterocycles. The number of ketones is 1. The summed E-state index contributed by atoms with van der Waals surface area (Å²) in [6, 6.07) is 3.28. The molecule has 0 bridgehead atoms. The van der Waals surface area contributed by atoms with Crippen LogP contribution in [0.2, 0.25) is 0 Å². The van der Waals surface area contributed by atoms with Crippen LogP contribution in [-0.2, 0) is 6.18 Å². The summed E-state index contributed by atoms with van der Waals surface area (Å²) in [5, 5.41) is 0. The maximum absolute atomic E-state index is 12.6. The number of benzene rings is 1. The molecule has 2 nitrogen and oxygen atoms in total. The second-order valence-electron chi connectivity index (χ2n) is 4.05. The molecule has 92 valence electrons. The number of methoxy groups -OCH3 is 1. The highest BCUT2D eigenvalue weighted by atomic mass is 19.4. The van der Waals surface area contributed by atoms with Crippen LogP contribution >= 0.6 is 0 Å². The van der Waals surface area contributed by atoms with E-state index in [1.165, 1.54) is 12.1 Å². The van der Waals surface area contributed by atoms with Gasteiger partial charge in [-0.15, -0.1) is 0 Å². The standard InChI is InChI=1S/C12H11F3O2/c1-17-10-6-8(11(16)7-2-3-7)4-5-9(10)12(13,14)15/h4-7H,2-3H2,1H3. The summed E-state index contributed by atoms with van der Waals surface area (Å²) >= 11 is 0. The van der Waals surface area contributed by atoms with E-state index in [4.69, 9.17) is 4.74 Å².